The zero-order valence-corrected chi connectivity index (χ0v) is 17.1. The molecule has 4 rings (SSSR count). The van der Waals surface area contributed by atoms with Crippen molar-refractivity contribution in [2.75, 3.05) is 0 Å². The van der Waals surface area contributed by atoms with Crippen molar-refractivity contribution in [1.29, 1.82) is 0 Å². The van der Waals surface area contributed by atoms with E-state index in [2.05, 4.69) is 10.2 Å². The summed E-state index contributed by atoms with van der Waals surface area (Å²) in [7, 11) is 0. The van der Waals surface area contributed by atoms with Crippen LogP contribution >= 0.6 is 11.6 Å². The van der Waals surface area contributed by atoms with Gasteiger partial charge in [0.15, 0.2) is 0 Å². The number of hydrogen-bond donors (Lipinski definition) is 0. The van der Waals surface area contributed by atoms with E-state index in [1.165, 1.54) is 18.2 Å². The molecule has 9 heteroatoms. The predicted octanol–water partition coefficient (Wildman–Crippen LogP) is 5.72. The lowest BCUT2D eigenvalue weighted by atomic mass is 10.1. The number of hydrogen-bond acceptors (Lipinski definition) is 7. The Labute approximate surface area is 187 Å². The van der Waals surface area contributed by atoms with Crippen LogP contribution in [0.3, 0.4) is 0 Å². The number of nitro groups is 1. The monoisotopic (exact) mass is 447 g/mol. The summed E-state index contributed by atoms with van der Waals surface area (Å²) >= 11 is 5.76. The van der Waals surface area contributed by atoms with Crippen LogP contribution in [0.1, 0.15) is 10.4 Å². The van der Waals surface area contributed by atoms with Crippen LogP contribution in [0.5, 0.6) is 17.4 Å². The molecule has 0 saturated carbocycles. The molecule has 1 heterocycles. The molecular weight excluding hydrogens is 434 g/mol. The fourth-order valence-corrected chi connectivity index (χ4v) is 2.97. The molecule has 0 aliphatic rings. The summed E-state index contributed by atoms with van der Waals surface area (Å²) in [6.45, 7) is 0. The van der Waals surface area contributed by atoms with Crippen LogP contribution in [-0.2, 0) is 0 Å². The van der Waals surface area contributed by atoms with Crippen LogP contribution in [0, 0.1) is 10.1 Å². The lowest BCUT2D eigenvalue weighted by molar-refractivity contribution is -0.384. The quantitative estimate of drug-likeness (QED) is 0.211. The number of carbonyl (C=O) groups is 1. The summed E-state index contributed by atoms with van der Waals surface area (Å²) < 4.78 is 10.9. The zero-order valence-electron chi connectivity index (χ0n) is 16.3. The Morgan fingerprint density at radius 1 is 0.875 bits per heavy atom. The minimum Gasteiger partial charge on any atom is -0.457 e. The molecule has 0 unspecified atom stereocenters. The number of carbonyl (C=O) groups excluding carboxylic acids is 1. The predicted molar refractivity (Wildman–Crippen MR) is 117 cm³/mol. The first-order valence-corrected chi connectivity index (χ1v) is 9.70. The van der Waals surface area contributed by atoms with Crippen molar-refractivity contribution in [2.24, 2.45) is 0 Å². The van der Waals surface area contributed by atoms with Gasteiger partial charge in [-0.1, -0.05) is 29.8 Å². The Balaban J connectivity index is 1.43. The van der Waals surface area contributed by atoms with E-state index in [9.17, 15) is 14.9 Å². The van der Waals surface area contributed by atoms with Crippen LogP contribution in [0.25, 0.3) is 11.3 Å². The lowest BCUT2D eigenvalue weighted by Crippen LogP contribution is -2.10. The average molecular weight is 448 g/mol. The molecule has 0 atom stereocenters. The second-order valence-electron chi connectivity index (χ2n) is 6.51. The molecule has 0 N–H and O–H groups in total. The van der Waals surface area contributed by atoms with Gasteiger partial charge in [0.2, 0.25) is 5.88 Å². The highest BCUT2D eigenvalue weighted by molar-refractivity contribution is 6.32. The van der Waals surface area contributed by atoms with E-state index < -0.39 is 10.9 Å². The molecule has 4 aromatic rings. The molecule has 32 heavy (non-hydrogen) atoms. The van der Waals surface area contributed by atoms with Gasteiger partial charge in [0.25, 0.3) is 5.69 Å². The summed E-state index contributed by atoms with van der Waals surface area (Å²) in [5.74, 6) is 0.558. The van der Waals surface area contributed by atoms with Gasteiger partial charge in [-0.15, -0.1) is 10.2 Å². The first-order valence-electron chi connectivity index (χ1n) is 9.33. The molecule has 0 amide bonds. The molecule has 0 aliphatic carbocycles. The highest BCUT2D eigenvalue weighted by atomic mass is 35.5. The van der Waals surface area contributed by atoms with Crippen molar-refractivity contribution in [2.45, 2.75) is 0 Å². The molecule has 1 aromatic heterocycles. The third kappa shape index (κ3) is 4.88. The number of aromatic nitrogens is 2. The Bertz CT molecular complexity index is 1260. The van der Waals surface area contributed by atoms with E-state index in [-0.39, 0.29) is 22.2 Å². The van der Waals surface area contributed by atoms with E-state index in [1.807, 2.05) is 54.6 Å². The average Bonchev–Trinajstić information content (AvgIpc) is 2.81. The highest BCUT2D eigenvalue weighted by Gasteiger charge is 2.18. The van der Waals surface area contributed by atoms with Crippen molar-refractivity contribution in [3.63, 3.8) is 0 Å². The van der Waals surface area contributed by atoms with Crippen LogP contribution in [0.2, 0.25) is 5.02 Å². The van der Waals surface area contributed by atoms with E-state index >= 15 is 0 Å². The number of para-hydroxylation sites is 1. The van der Waals surface area contributed by atoms with E-state index in [1.54, 1.807) is 6.07 Å². The van der Waals surface area contributed by atoms with Crippen molar-refractivity contribution in [3.05, 3.63) is 106 Å². The molecule has 0 aliphatic heterocycles. The molecule has 0 spiro atoms. The molecule has 3 aromatic carbocycles. The van der Waals surface area contributed by atoms with Gasteiger partial charge >= 0.3 is 5.97 Å². The molecule has 0 bridgehead atoms. The van der Waals surface area contributed by atoms with Crippen LogP contribution in [0.4, 0.5) is 5.69 Å². The number of nitrogens with zero attached hydrogens (tertiary/aromatic N) is 3. The number of esters is 1. The maximum atomic E-state index is 12.3. The second-order valence-corrected chi connectivity index (χ2v) is 6.92. The first kappa shape index (κ1) is 21.0. The summed E-state index contributed by atoms with van der Waals surface area (Å²) in [4.78, 5) is 22.6. The van der Waals surface area contributed by atoms with Gasteiger partial charge in [-0.25, -0.2) is 4.79 Å². The topological polar surface area (TPSA) is 104 Å². The van der Waals surface area contributed by atoms with Crippen molar-refractivity contribution >= 4 is 23.3 Å². The van der Waals surface area contributed by atoms with E-state index in [4.69, 9.17) is 21.1 Å². The van der Waals surface area contributed by atoms with Crippen LogP contribution in [-0.4, -0.2) is 21.1 Å². The third-order valence-corrected chi connectivity index (χ3v) is 4.66. The van der Waals surface area contributed by atoms with Crippen molar-refractivity contribution in [3.8, 4) is 28.6 Å². The Kier molecular flexibility index (Phi) is 6.05. The van der Waals surface area contributed by atoms with Gasteiger partial charge in [0, 0.05) is 17.7 Å². The van der Waals surface area contributed by atoms with Gasteiger partial charge < -0.3 is 9.47 Å². The number of nitro benzene ring substituents is 1. The smallest absolute Gasteiger partial charge is 0.345 e. The van der Waals surface area contributed by atoms with E-state index in [0.717, 1.165) is 17.4 Å². The standard InChI is InChI=1S/C23H14ClN3O5/c24-19-11-8-16(14-21(19)27(29)30)23(28)32-22-13-12-20(25-26-22)15-6-9-18(10-7-15)31-17-4-2-1-3-5-17/h1-14H. The number of benzene rings is 3. The molecule has 0 saturated heterocycles. The van der Waals surface area contributed by atoms with Crippen molar-refractivity contribution < 1.29 is 19.2 Å². The van der Waals surface area contributed by atoms with Gasteiger partial charge in [-0.3, -0.25) is 10.1 Å². The summed E-state index contributed by atoms with van der Waals surface area (Å²) in [6, 6.07) is 23.5. The minimum absolute atomic E-state index is 0.0269. The number of rotatable bonds is 6. The maximum Gasteiger partial charge on any atom is 0.345 e. The molecular formula is C23H14ClN3O5. The molecule has 8 nitrogen and oxygen atoms in total. The number of halogens is 1. The molecule has 0 fully saturated rings. The fourth-order valence-electron chi connectivity index (χ4n) is 2.78. The van der Waals surface area contributed by atoms with Crippen molar-refractivity contribution in [1.82, 2.24) is 10.2 Å². The Morgan fingerprint density at radius 2 is 1.59 bits per heavy atom. The first-order chi connectivity index (χ1) is 15.5. The molecule has 0 radical (unpaired) electrons. The summed E-state index contributed by atoms with van der Waals surface area (Å²) in [5.41, 5.74) is 0.950. The largest absolute Gasteiger partial charge is 0.457 e. The third-order valence-electron chi connectivity index (χ3n) is 4.34. The minimum atomic E-state index is -0.811. The highest BCUT2D eigenvalue weighted by Crippen LogP contribution is 2.27. The zero-order chi connectivity index (χ0) is 22.5. The Hall–Kier alpha value is -4.30. The van der Waals surface area contributed by atoms with E-state index in [0.29, 0.717) is 11.4 Å². The van der Waals surface area contributed by atoms with Gasteiger partial charge in [0.1, 0.15) is 16.5 Å². The molecule has 158 valence electrons. The summed E-state index contributed by atoms with van der Waals surface area (Å²) in [6.07, 6.45) is 0. The van der Waals surface area contributed by atoms with Gasteiger partial charge in [-0.05, 0) is 54.6 Å². The SMILES string of the molecule is O=C(Oc1ccc(-c2ccc(Oc3ccccc3)cc2)nn1)c1ccc(Cl)c([N+](=O)[O-])c1. The Morgan fingerprint density at radius 3 is 2.25 bits per heavy atom. The van der Waals surface area contributed by atoms with Crippen LogP contribution in [0.15, 0.2) is 84.9 Å². The lowest BCUT2D eigenvalue weighted by Gasteiger charge is -2.07. The second kappa shape index (κ2) is 9.23. The van der Waals surface area contributed by atoms with Gasteiger partial charge in [0.05, 0.1) is 16.2 Å². The number of ether oxygens (including phenoxy) is 2. The maximum absolute atomic E-state index is 12.3. The fraction of sp³-hybridized carbons (Fsp3) is 0. The summed E-state index contributed by atoms with van der Waals surface area (Å²) in [5, 5.41) is 18.9. The van der Waals surface area contributed by atoms with Gasteiger partial charge in [-0.2, -0.15) is 0 Å². The van der Waals surface area contributed by atoms with Crippen LogP contribution < -0.4 is 9.47 Å². The normalized spacial score (nSPS) is 10.4.